The van der Waals surface area contributed by atoms with E-state index in [2.05, 4.69) is 20.8 Å². The third-order valence-corrected chi connectivity index (χ3v) is 12.3. The molecule has 5 fully saturated rings. The molecule has 0 spiro atoms. The Morgan fingerprint density at radius 1 is 0.900 bits per heavy atom. The first-order chi connectivity index (χ1) is 18.8. The van der Waals surface area contributed by atoms with Crippen LogP contribution >= 0.6 is 0 Å². The number of fused-ring (bicyclic) bond motifs is 5. The standard InChI is InChI=1S/C30H48O10/c1-14(4-7-21(33)39-28-25(36)23(34)24(35)26(40-28)27(37)38)17-5-6-18-22-19(9-11-30(17,18)3)29(2)10-8-16(31)12-15(29)13-20(22)32/h14-20,22-26,28,31-32,34-36H,4-13H2,1-3H3,(H,37,38)/t14-,15+,16-,17-,18+,19+,20+,22+,23-,24-,25?,26?,28+,29+,30-/m1/s1. The van der Waals surface area contributed by atoms with Gasteiger partial charge in [-0.1, -0.05) is 20.8 Å². The van der Waals surface area contributed by atoms with Crippen LogP contribution in [0.2, 0.25) is 0 Å². The van der Waals surface area contributed by atoms with E-state index in [1.807, 2.05) is 0 Å². The molecule has 40 heavy (non-hydrogen) atoms. The molecule has 4 aliphatic carbocycles. The van der Waals surface area contributed by atoms with Gasteiger partial charge in [-0.15, -0.1) is 0 Å². The molecule has 1 saturated heterocycles. The highest BCUT2D eigenvalue weighted by molar-refractivity contribution is 5.73. The molecule has 4 saturated carbocycles. The minimum atomic E-state index is -1.84. The SMILES string of the molecule is C[C@H](CCC(=O)O[C@H]1OC(C(=O)O)[C@H](O)[C@@H](O)C1O)[C@H]1CC[C@H]2[C@@H]3[C@@H](O)C[C@@H]4C[C@H](O)CC[C@]4(C)[C@H]3CC[C@]12C. The highest BCUT2D eigenvalue weighted by Gasteiger charge is 2.63. The fraction of sp³-hybridized carbons (Fsp3) is 0.933. The summed E-state index contributed by atoms with van der Waals surface area (Å²) < 4.78 is 10.3. The number of carbonyl (C=O) groups is 2. The van der Waals surface area contributed by atoms with Gasteiger partial charge in [0, 0.05) is 6.42 Å². The molecule has 0 aromatic carbocycles. The molecule has 1 aliphatic heterocycles. The Kier molecular flexibility index (Phi) is 8.36. The normalized spacial score (nSPS) is 51.2. The van der Waals surface area contributed by atoms with Crippen molar-refractivity contribution < 1.29 is 49.7 Å². The van der Waals surface area contributed by atoms with E-state index in [9.17, 15) is 40.2 Å². The van der Waals surface area contributed by atoms with Crippen molar-refractivity contribution in [3.05, 3.63) is 0 Å². The topological polar surface area (TPSA) is 174 Å². The minimum Gasteiger partial charge on any atom is -0.479 e. The van der Waals surface area contributed by atoms with Gasteiger partial charge < -0.3 is 40.1 Å². The number of rotatable bonds is 6. The second-order valence-corrected chi connectivity index (χ2v) is 14.2. The summed E-state index contributed by atoms with van der Waals surface area (Å²) in [6.45, 7) is 6.93. The molecule has 15 atom stereocenters. The number of ether oxygens (including phenoxy) is 2. The fourth-order valence-corrected chi connectivity index (χ4v) is 10.1. The quantitative estimate of drug-likeness (QED) is 0.259. The van der Waals surface area contributed by atoms with Gasteiger partial charge in [-0.25, -0.2) is 4.79 Å². The molecule has 5 rings (SSSR count). The van der Waals surface area contributed by atoms with Crippen molar-refractivity contribution in [3.8, 4) is 0 Å². The van der Waals surface area contributed by atoms with E-state index in [0.717, 1.165) is 51.4 Å². The van der Waals surface area contributed by atoms with Crippen LogP contribution in [0.15, 0.2) is 0 Å². The number of aliphatic hydroxyl groups excluding tert-OH is 5. The number of hydrogen-bond donors (Lipinski definition) is 6. The van der Waals surface area contributed by atoms with Gasteiger partial charge in [-0.2, -0.15) is 0 Å². The van der Waals surface area contributed by atoms with Gasteiger partial charge in [0.1, 0.15) is 18.3 Å². The summed E-state index contributed by atoms with van der Waals surface area (Å²) in [5, 5.41) is 60.9. The highest BCUT2D eigenvalue weighted by Crippen LogP contribution is 2.68. The first kappa shape index (κ1) is 30.2. The molecular formula is C30H48O10. The number of carbonyl (C=O) groups excluding carboxylic acids is 1. The van der Waals surface area contributed by atoms with Gasteiger partial charge >= 0.3 is 11.9 Å². The van der Waals surface area contributed by atoms with Crippen LogP contribution in [0.3, 0.4) is 0 Å². The van der Waals surface area contributed by atoms with Crippen LogP contribution in [0.25, 0.3) is 0 Å². The molecule has 2 unspecified atom stereocenters. The van der Waals surface area contributed by atoms with E-state index in [1.165, 1.54) is 0 Å². The van der Waals surface area contributed by atoms with Crippen molar-refractivity contribution in [1.82, 2.24) is 0 Å². The lowest BCUT2D eigenvalue weighted by molar-refractivity contribution is -0.286. The maximum atomic E-state index is 12.7. The summed E-state index contributed by atoms with van der Waals surface area (Å²) in [6, 6.07) is 0. The Morgan fingerprint density at radius 2 is 1.57 bits per heavy atom. The largest absolute Gasteiger partial charge is 0.479 e. The van der Waals surface area contributed by atoms with E-state index in [0.29, 0.717) is 30.1 Å². The second-order valence-electron chi connectivity index (χ2n) is 14.2. The van der Waals surface area contributed by atoms with E-state index in [4.69, 9.17) is 9.47 Å². The van der Waals surface area contributed by atoms with Crippen LogP contribution in [0.4, 0.5) is 0 Å². The number of aliphatic hydroxyl groups is 5. The molecule has 6 N–H and O–H groups in total. The number of carboxylic acids is 1. The zero-order chi connectivity index (χ0) is 29.1. The average Bonchev–Trinajstić information content (AvgIpc) is 3.25. The van der Waals surface area contributed by atoms with Crippen LogP contribution in [-0.2, 0) is 19.1 Å². The highest BCUT2D eigenvalue weighted by atomic mass is 16.7. The molecule has 228 valence electrons. The van der Waals surface area contributed by atoms with Crippen molar-refractivity contribution >= 4 is 11.9 Å². The summed E-state index contributed by atoms with van der Waals surface area (Å²) >= 11 is 0. The Morgan fingerprint density at radius 3 is 2.27 bits per heavy atom. The second kappa shape index (κ2) is 11.1. The molecule has 0 aromatic heterocycles. The predicted octanol–water partition coefficient (Wildman–Crippen LogP) is 1.83. The minimum absolute atomic E-state index is 0.0537. The maximum absolute atomic E-state index is 12.7. The number of carboxylic acid groups (broad SMARTS) is 1. The lowest BCUT2D eigenvalue weighted by atomic mass is 9.43. The lowest BCUT2D eigenvalue weighted by Gasteiger charge is -2.62. The summed E-state index contributed by atoms with van der Waals surface area (Å²) in [4.78, 5) is 24.0. The Labute approximate surface area is 236 Å². The predicted molar refractivity (Wildman–Crippen MR) is 141 cm³/mol. The molecule has 10 heteroatoms. The van der Waals surface area contributed by atoms with Crippen molar-refractivity contribution in [1.29, 1.82) is 0 Å². The number of aliphatic carboxylic acids is 1. The van der Waals surface area contributed by atoms with Gasteiger partial charge in [0.05, 0.1) is 12.2 Å². The van der Waals surface area contributed by atoms with Crippen LogP contribution in [-0.4, -0.2) is 85.5 Å². The van der Waals surface area contributed by atoms with E-state index >= 15 is 0 Å². The van der Waals surface area contributed by atoms with Gasteiger partial charge in [0.15, 0.2) is 6.10 Å². The van der Waals surface area contributed by atoms with Crippen molar-refractivity contribution in [2.75, 3.05) is 0 Å². The first-order valence-electron chi connectivity index (χ1n) is 15.3. The molecule has 0 radical (unpaired) electrons. The van der Waals surface area contributed by atoms with Crippen molar-refractivity contribution in [2.45, 2.75) is 128 Å². The molecule has 0 bridgehead atoms. The van der Waals surface area contributed by atoms with E-state index in [-0.39, 0.29) is 41.3 Å². The molecule has 5 aliphatic rings. The Bertz CT molecular complexity index is 959. The molecule has 0 aromatic rings. The van der Waals surface area contributed by atoms with Crippen LogP contribution < -0.4 is 0 Å². The molecule has 10 nitrogen and oxygen atoms in total. The molecule has 1 heterocycles. The zero-order valence-corrected chi connectivity index (χ0v) is 23.9. The third kappa shape index (κ3) is 5.00. The summed E-state index contributed by atoms with van der Waals surface area (Å²) in [7, 11) is 0. The number of hydrogen-bond acceptors (Lipinski definition) is 9. The van der Waals surface area contributed by atoms with Crippen molar-refractivity contribution in [2.24, 2.45) is 46.3 Å². The third-order valence-electron chi connectivity index (χ3n) is 12.3. The molecular weight excluding hydrogens is 520 g/mol. The monoisotopic (exact) mass is 568 g/mol. The van der Waals surface area contributed by atoms with E-state index < -0.39 is 42.6 Å². The molecule has 0 amide bonds. The van der Waals surface area contributed by atoms with Gasteiger partial charge in [0.2, 0.25) is 6.29 Å². The Balaban J connectivity index is 1.20. The smallest absolute Gasteiger partial charge is 0.335 e. The summed E-state index contributed by atoms with van der Waals surface area (Å²) in [5.74, 6) is -0.0366. The average molecular weight is 569 g/mol. The van der Waals surface area contributed by atoms with Crippen LogP contribution in [0.1, 0.15) is 85.0 Å². The van der Waals surface area contributed by atoms with Crippen molar-refractivity contribution in [3.63, 3.8) is 0 Å². The van der Waals surface area contributed by atoms with Gasteiger partial charge in [0.25, 0.3) is 0 Å². The zero-order valence-electron chi connectivity index (χ0n) is 23.9. The van der Waals surface area contributed by atoms with Gasteiger partial charge in [-0.05, 0) is 104 Å². The van der Waals surface area contributed by atoms with Crippen LogP contribution in [0, 0.1) is 46.3 Å². The summed E-state index contributed by atoms with van der Waals surface area (Å²) in [5.41, 5.74) is 0.243. The van der Waals surface area contributed by atoms with E-state index in [1.54, 1.807) is 0 Å². The maximum Gasteiger partial charge on any atom is 0.335 e. The lowest BCUT2D eigenvalue weighted by Crippen LogP contribution is -2.60. The summed E-state index contributed by atoms with van der Waals surface area (Å²) in [6.07, 6.45) is -1.15. The Hall–Kier alpha value is -1.30. The van der Waals surface area contributed by atoms with Crippen LogP contribution in [0.5, 0.6) is 0 Å². The fourth-order valence-electron chi connectivity index (χ4n) is 10.1. The first-order valence-corrected chi connectivity index (χ1v) is 15.3. The number of esters is 1. The van der Waals surface area contributed by atoms with Gasteiger partial charge in [-0.3, -0.25) is 4.79 Å².